The third-order valence-electron chi connectivity index (χ3n) is 3.17. The molecule has 18 heavy (non-hydrogen) atoms. The molecular formula is C15H12BrNO. The van der Waals surface area contributed by atoms with E-state index in [0.29, 0.717) is 0 Å². The summed E-state index contributed by atoms with van der Waals surface area (Å²) in [6, 6.07) is 10.2. The number of pyridine rings is 1. The van der Waals surface area contributed by atoms with E-state index in [4.69, 9.17) is 0 Å². The summed E-state index contributed by atoms with van der Waals surface area (Å²) in [5.41, 5.74) is 5.53. The largest absolute Gasteiger partial charge is 0.392 e. The van der Waals surface area contributed by atoms with Gasteiger partial charge in [-0.3, -0.25) is 4.98 Å². The van der Waals surface area contributed by atoms with Crippen molar-refractivity contribution in [3.05, 3.63) is 57.7 Å². The molecule has 0 radical (unpaired) electrons. The second-order valence-electron chi connectivity index (χ2n) is 4.38. The van der Waals surface area contributed by atoms with Crippen LogP contribution in [0.25, 0.3) is 17.3 Å². The summed E-state index contributed by atoms with van der Waals surface area (Å²) < 4.78 is 1.06. The second-order valence-corrected chi connectivity index (χ2v) is 5.29. The highest BCUT2D eigenvalue weighted by atomic mass is 79.9. The number of aromatic nitrogens is 1. The van der Waals surface area contributed by atoms with Gasteiger partial charge in [-0.05, 0) is 35.8 Å². The van der Waals surface area contributed by atoms with Gasteiger partial charge in [0, 0.05) is 21.8 Å². The van der Waals surface area contributed by atoms with E-state index < -0.39 is 0 Å². The highest BCUT2D eigenvalue weighted by molar-refractivity contribution is 9.10. The molecule has 1 aliphatic carbocycles. The molecule has 90 valence electrons. The molecule has 2 aromatic rings. The number of aliphatic hydroxyl groups excluding tert-OH is 1. The smallest absolute Gasteiger partial charge is 0.0777 e. The van der Waals surface area contributed by atoms with Gasteiger partial charge in [-0.25, -0.2) is 0 Å². The Bertz CT molecular complexity index is 617. The zero-order chi connectivity index (χ0) is 12.5. The number of hydrogen-bond acceptors (Lipinski definition) is 2. The van der Waals surface area contributed by atoms with Crippen LogP contribution >= 0.6 is 15.9 Å². The molecule has 3 rings (SSSR count). The van der Waals surface area contributed by atoms with Crippen LogP contribution in [0.5, 0.6) is 0 Å². The maximum absolute atomic E-state index is 9.24. The molecule has 0 atom stereocenters. The lowest BCUT2D eigenvalue weighted by atomic mass is 10.0. The molecule has 1 heterocycles. The van der Waals surface area contributed by atoms with Crippen molar-refractivity contribution in [2.45, 2.75) is 6.42 Å². The summed E-state index contributed by atoms with van der Waals surface area (Å²) in [7, 11) is 0. The lowest BCUT2D eigenvalue weighted by molar-refractivity contribution is 0.330. The first kappa shape index (κ1) is 11.6. The van der Waals surface area contributed by atoms with Gasteiger partial charge in [-0.1, -0.05) is 34.1 Å². The van der Waals surface area contributed by atoms with Crippen LogP contribution in [-0.4, -0.2) is 16.7 Å². The molecule has 0 aliphatic heterocycles. The minimum Gasteiger partial charge on any atom is -0.392 e. The van der Waals surface area contributed by atoms with E-state index in [-0.39, 0.29) is 6.61 Å². The van der Waals surface area contributed by atoms with Crippen LogP contribution in [0.2, 0.25) is 0 Å². The van der Waals surface area contributed by atoms with Crippen LogP contribution < -0.4 is 0 Å². The highest BCUT2D eigenvalue weighted by Crippen LogP contribution is 2.32. The SMILES string of the molecule is OCC1=Cc2c(ccnc2-c2ccc(Br)cc2)C1. The van der Waals surface area contributed by atoms with E-state index in [1.54, 1.807) is 0 Å². The molecular weight excluding hydrogens is 290 g/mol. The van der Waals surface area contributed by atoms with Gasteiger partial charge in [0.15, 0.2) is 0 Å². The highest BCUT2D eigenvalue weighted by Gasteiger charge is 2.16. The summed E-state index contributed by atoms with van der Waals surface area (Å²) in [6.45, 7) is 0.120. The third kappa shape index (κ3) is 2.00. The fourth-order valence-corrected chi connectivity index (χ4v) is 2.53. The van der Waals surface area contributed by atoms with Crippen molar-refractivity contribution in [3.8, 4) is 11.3 Å². The molecule has 0 amide bonds. The lowest BCUT2D eigenvalue weighted by Gasteiger charge is -2.06. The first-order valence-electron chi connectivity index (χ1n) is 5.82. The summed E-state index contributed by atoms with van der Waals surface area (Å²) >= 11 is 3.44. The summed E-state index contributed by atoms with van der Waals surface area (Å²) in [5.74, 6) is 0. The third-order valence-corrected chi connectivity index (χ3v) is 3.70. The molecule has 2 nitrogen and oxygen atoms in total. The minimum atomic E-state index is 0.120. The van der Waals surface area contributed by atoms with Crippen molar-refractivity contribution in [3.63, 3.8) is 0 Å². The fourth-order valence-electron chi connectivity index (χ4n) is 2.27. The number of aliphatic hydroxyl groups is 1. The summed E-state index contributed by atoms with van der Waals surface area (Å²) in [6.07, 6.45) is 4.72. The van der Waals surface area contributed by atoms with E-state index in [2.05, 4.69) is 39.1 Å². The fraction of sp³-hybridized carbons (Fsp3) is 0.133. The molecule has 0 unspecified atom stereocenters. The monoisotopic (exact) mass is 301 g/mol. The lowest BCUT2D eigenvalue weighted by Crippen LogP contribution is -1.92. The van der Waals surface area contributed by atoms with Crippen LogP contribution in [0, 0.1) is 0 Å². The standard InChI is InChI=1S/C15H12BrNO/c16-13-3-1-11(2-4-13)15-14-8-10(9-18)7-12(14)5-6-17-15/h1-6,8,18H,7,9H2. The Hall–Kier alpha value is -1.45. The molecule has 0 fully saturated rings. The van der Waals surface area contributed by atoms with E-state index in [1.807, 2.05) is 24.4 Å². The molecule has 0 spiro atoms. The van der Waals surface area contributed by atoms with Crippen LogP contribution in [0.4, 0.5) is 0 Å². The quantitative estimate of drug-likeness (QED) is 0.922. The van der Waals surface area contributed by atoms with Crippen molar-refractivity contribution < 1.29 is 5.11 Å². The van der Waals surface area contributed by atoms with Crippen LogP contribution in [0.3, 0.4) is 0 Å². The van der Waals surface area contributed by atoms with Gasteiger partial charge in [-0.15, -0.1) is 0 Å². The maximum atomic E-state index is 9.24. The number of halogens is 1. The molecule has 0 bridgehead atoms. The van der Waals surface area contributed by atoms with E-state index in [0.717, 1.165) is 33.3 Å². The maximum Gasteiger partial charge on any atom is 0.0777 e. The molecule has 1 aromatic heterocycles. The van der Waals surface area contributed by atoms with Gasteiger partial charge in [-0.2, -0.15) is 0 Å². The van der Waals surface area contributed by atoms with Crippen LogP contribution in [-0.2, 0) is 6.42 Å². The van der Waals surface area contributed by atoms with Crippen molar-refractivity contribution >= 4 is 22.0 Å². The molecule has 1 N–H and O–H groups in total. The average molecular weight is 302 g/mol. The van der Waals surface area contributed by atoms with E-state index in [1.165, 1.54) is 5.56 Å². The topological polar surface area (TPSA) is 33.1 Å². The first-order valence-corrected chi connectivity index (χ1v) is 6.61. The Labute approximate surface area is 114 Å². The summed E-state index contributed by atoms with van der Waals surface area (Å²) in [5, 5.41) is 9.24. The number of rotatable bonds is 2. The van der Waals surface area contributed by atoms with E-state index in [9.17, 15) is 5.11 Å². The van der Waals surface area contributed by atoms with Gasteiger partial charge in [0.25, 0.3) is 0 Å². The number of benzene rings is 1. The van der Waals surface area contributed by atoms with Gasteiger partial charge < -0.3 is 5.11 Å². The Morgan fingerprint density at radius 2 is 1.94 bits per heavy atom. The first-order chi connectivity index (χ1) is 8.78. The van der Waals surface area contributed by atoms with Gasteiger partial charge >= 0.3 is 0 Å². The summed E-state index contributed by atoms with van der Waals surface area (Å²) in [4.78, 5) is 4.48. The number of hydrogen-bond donors (Lipinski definition) is 1. The van der Waals surface area contributed by atoms with Crippen molar-refractivity contribution in [2.75, 3.05) is 6.61 Å². The normalized spacial score (nSPS) is 13.3. The van der Waals surface area contributed by atoms with Gasteiger partial charge in [0.05, 0.1) is 12.3 Å². The van der Waals surface area contributed by atoms with Gasteiger partial charge in [0.1, 0.15) is 0 Å². The zero-order valence-electron chi connectivity index (χ0n) is 9.73. The molecule has 0 saturated heterocycles. The van der Waals surface area contributed by atoms with E-state index >= 15 is 0 Å². The van der Waals surface area contributed by atoms with Crippen LogP contribution in [0.1, 0.15) is 11.1 Å². The molecule has 1 aliphatic rings. The molecule has 3 heteroatoms. The van der Waals surface area contributed by atoms with Crippen molar-refractivity contribution in [1.29, 1.82) is 0 Å². The molecule has 0 saturated carbocycles. The number of fused-ring (bicyclic) bond motifs is 1. The zero-order valence-corrected chi connectivity index (χ0v) is 11.3. The second kappa shape index (κ2) is 4.67. The Kier molecular flexibility index (Phi) is 3.02. The predicted octanol–water partition coefficient (Wildman–Crippen LogP) is 3.44. The Morgan fingerprint density at radius 3 is 2.67 bits per heavy atom. The van der Waals surface area contributed by atoms with Crippen molar-refractivity contribution in [1.82, 2.24) is 4.98 Å². The van der Waals surface area contributed by atoms with Gasteiger partial charge in [0.2, 0.25) is 0 Å². The van der Waals surface area contributed by atoms with Crippen LogP contribution in [0.15, 0.2) is 46.6 Å². The minimum absolute atomic E-state index is 0.120. The number of nitrogens with zero attached hydrogens (tertiary/aromatic N) is 1. The predicted molar refractivity (Wildman–Crippen MR) is 76.1 cm³/mol. The average Bonchev–Trinajstić information content (AvgIpc) is 2.82. The Balaban J connectivity index is 2.12. The van der Waals surface area contributed by atoms with Crippen molar-refractivity contribution in [2.24, 2.45) is 0 Å². The molecule has 1 aromatic carbocycles. The Morgan fingerprint density at radius 1 is 1.17 bits per heavy atom.